The Kier molecular flexibility index (Phi) is 3.66. The van der Waals surface area contributed by atoms with Crippen LogP contribution in [-0.4, -0.2) is 20.3 Å². The van der Waals surface area contributed by atoms with Gasteiger partial charge in [-0.3, -0.25) is 0 Å². The molecule has 1 fully saturated rings. The predicted octanol–water partition coefficient (Wildman–Crippen LogP) is 3.27. The van der Waals surface area contributed by atoms with Gasteiger partial charge in [0.05, 0.1) is 30.4 Å². The Hall–Kier alpha value is -0.100. The van der Waals surface area contributed by atoms with Crippen molar-refractivity contribution in [3.05, 3.63) is 26.6 Å². The number of rotatable bonds is 2. The van der Waals surface area contributed by atoms with E-state index < -0.39 is 0 Å². The van der Waals surface area contributed by atoms with Crippen LogP contribution < -0.4 is 4.74 Å². The summed E-state index contributed by atoms with van der Waals surface area (Å²) < 4.78 is 18.1. The summed E-state index contributed by atoms with van der Waals surface area (Å²) in [6.45, 7) is 1.25. The molecular formula is C10H10Br2O3. The lowest BCUT2D eigenvalue weighted by atomic mass is 10.2. The van der Waals surface area contributed by atoms with E-state index in [1.54, 1.807) is 7.11 Å². The van der Waals surface area contributed by atoms with E-state index in [4.69, 9.17) is 14.2 Å². The fourth-order valence-electron chi connectivity index (χ4n) is 1.51. The molecule has 1 saturated heterocycles. The normalized spacial score (nSPS) is 17.0. The average Bonchev–Trinajstić information content (AvgIpc) is 2.69. The first-order chi connectivity index (χ1) is 7.22. The molecule has 0 spiro atoms. The number of halogens is 2. The maximum absolute atomic E-state index is 5.45. The lowest BCUT2D eigenvalue weighted by Crippen LogP contribution is -2.02. The van der Waals surface area contributed by atoms with Crippen molar-refractivity contribution in [3.63, 3.8) is 0 Å². The topological polar surface area (TPSA) is 27.7 Å². The van der Waals surface area contributed by atoms with Crippen LogP contribution in [0.1, 0.15) is 11.9 Å². The maximum atomic E-state index is 5.45. The Balaban J connectivity index is 2.42. The second-order valence-corrected chi connectivity index (χ2v) is 4.85. The molecule has 1 heterocycles. The highest BCUT2D eigenvalue weighted by atomic mass is 79.9. The summed E-state index contributed by atoms with van der Waals surface area (Å²) in [5.41, 5.74) is 0.899. The van der Waals surface area contributed by atoms with Crippen molar-refractivity contribution < 1.29 is 14.2 Å². The lowest BCUT2D eigenvalue weighted by molar-refractivity contribution is -0.0455. The third-order valence-electron chi connectivity index (χ3n) is 2.12. The summed E-state index contributed by atoms with van der Waals surface area (Å²) in [5.74, 6) is 0.755. The largest absolute Gasteiger partial charge is 0.495 e. The number of methoxy groups -OCH3 is 1. The second kappa shape index (κ2) is 4.82. The summed E-state index contributed by atoms with van der Waals surface area (Å²) >= 11 is 6.87. The van der Waals surface area contributed by atoms with Crippen LogP contribution in [0.3, 0.4) is 0 Å². The molecule has 0 saturated carbocycles. The summed E-state index contributed by atoms with van der Waals surface area (Å²) in [6, 6.07) is 3.87. The van der Waals surface area contributed by atoms with Crippen LogP contribution in [0.15, 0.2) is 21.1 Å². The molecule has 0 atom stereocenters. The van der Waals surface area contributed by atoms with Gasteiger partial charge < -0.3 is 14.2 Å². The predicted molar refractivity (Wildman–Crippen MR) is 63.0 cm³/mol. The average molecular weight is 338 g/mol. The smallest absolute Gasteiger partial charge is 0.187 e. The minimum Gasteiger partial charge on any atom is -0.495 e. The van der Waals surface area contributed by atoms with Gasteiger partial charge in [-0.2, -0.15) is 0 Å². The van der Waals surface area contributed by atoms with Crippen molar-refractivity contribution in [2.24, 2.45) is 0 Å². The summed E-state index contributed by atoms with van der Waals surface area (Å²) in [7, 11) is 1.63. The molecule has 0 N–H and O–H groups in total. The van der Waals surface area contributed by atoms with Gasteiger partial charge >= 0.3 is 0 Å². The molecule has 0 bridgehead atoms. The lowest BCUT2D eigenvalue weighted by Gasteiger charge is -2.15. The molecule has 1 aliphatic rings. The first kappa shape index (κ1) is 11.4. The van der Waals surface area contributed by atoms with Crippen LogP contribution in [0.4, 0.5) is 0 Å². The highest BCUT2D eigenvalue weighted by Gasteiger charge is 2.23. The molecule has 3 nitrogen and oxygen atoms in total. The quantitative estimate of drug-likeness (QED) is 0.829. The fourth-order valence-corrected chi connectivity index (χ4v) is 2.93. The zero-order valence-corrected chi connectivity index (χ0v) is 11.3. The van der Waals surface area contributed by atoms with Gasteiger partial charge in [0.25, 0.3) is 0 Å². The summed E-state index contributed by atoms with van der Waals surface area (Å²) in [4.78, 5) is 0. The van der Waals surface area contributed by atoms with Crippen LogP contribution >= 0.6 is 31.9 Å². The standard InChI is InChI=1S/C10H10Br2O3/c1-13-9-7(10-14-2-3-15-10)4-6(11)5-8(9)12/h4-5,10H,2-3H2,1H3. The highest BCUT2D eigenvalue weighted by molar-refractivity contribution is 9.11. The van der Waals surface area contributed by atoms with Gasteiger partial charge in [-0.1, -0.05) is 15.9 Å². The van der Waals surface area contributed by atoms with Crippen molar-refractivity contribution in [2.75, 3.05) is 20.3 Å². The zero-order valence-electron chi connectivity index (χ0n) is 8.13. The van der Waals surface area contributed by atoms with Gasteiger partial charge in [0.1, 0.15) is 5.75 Å². The van der Waals surface area contributed by atoms with Crippen LogP contribution in [0.2, 0.25) is 0 Å². The van der Waals surface area contributed by atoms with Gasteiger partial charge in [0.2, 0.25) is 0 Å². The molecule has 0 radical (unpaired) electrons. The molecule has 0 aliphatic carbocycles. The third kappa shape index (κ3) is 2.36. The van der Waals surface area contributed by atoms with Gasteiger partial charge in [-0.15, -0.1) is 0 Å². The van der Waals surface area contributed by atoms with E-state index >= 15 is 0 Å². The van der Waals surface area contributed by atoms with E-state index in [0.29, 0.717) is 13.2 Å². The first-order valence-corrected chi connectivity index (χ1v) is 6.07. The van der Waals surface area contributed by atoms with E-state index in [-0.39, 0.29) is 6.29 Å². The first-order valence-electron chi connectivity index (χ1n) is 4.48. The molecule has 5 heteroatoms. The number of benzene rings is 1. The number of hydrogen-bond acceptors (Lipinski definition) is 3. The van der Waals surface area contributed by atoms with Gasteiger partial charge in [-0.05, 0) is 28.1 Å². The molecule has 0 aromatic heterocycles. The molecule has 1 aromatic carbocycles. The van der Waals surface area contributed by atoms with Crippen molar-refractivity contribution >= 4 is 31.9 Å². The van der Waals surface area contributed by atoms with Crippen molar-refractivity contribution in [2.45, 2.75) is 6.29 Å². The fraction of sp³-hybridized carbons (Fsp3) is 0.400. The molecule has 0 amide bonds. The SMILES string of the molecule is COc1c(Br)cc(Br)cc1C1OCCO1. The van der Waals surface area contributed by atoms with E-state index in [1.807, 2.05) is 12.1 Å². The van der Waals surface area contributed by atoms with Crippen LogP contribution in [0.5, 0.6) is 5.75 Å². The van der Waals surface area contributed by atoms with Crippen molar-refractivity contribution in [1.29, 1.82) is 0 Å². The zero-order chi connectivity index (χ0) is 10.8. The minimum atomic E-state index is -0.325. The maximum Gasteiger partial charge on any atom is 0.187 e. The Morgan fingerprint density at radius 2 is 1.93 bits per heavy atom. The van der Waals surface area contributed by atoms with Gasteiger partial charge in [0.15, 0.2) is 6.29 Å². The minimum absolute atomic E-state index is 0.325. The Bertz CT molecular complexity index is 362. The molecule has 15 heavy (non-hydrogen) atoms. The van der Waals surface area contributed by atoms with E-state index in [0.717, 1.165) is 20.3 Å². The Morgan fingerprint density at radius 3 is 2.53 bits per heavy atom. The van der Waals surface area contributed by atoms with Crippen molar-refractivity contribution in [1.82, 2.24) is 0 Å². The summed E-state index contributed by atoms with van der Waals surface area (Å²) in [5, 5.41) is 0. The number of hydrogen-bond donors (Lipinski definition) is 0. The van der Waals surface area contributed by atoms with Crippen LogP contribution in [0.25, 0.3) is 0 Å². The Labute approximate surface area is 105 Å². The van der Waals surface area contributed by atoms with Crippen molar-refractivity contribution in [3.8, 4) is 5.75 Å². The molecule has 2 rings (SSSR count). The van der Waals surface area contributed by atoms with Crippen LogP contribution in [0, 0.1) is 0 Å². The van der Waals surface area contributed by atoms with Crippen LogP contribution in [-0.2, 0) is 9.47 Å². The molecule has 1 aliphatic heterocycles. The molecule has 82 valence electrons. The van der Waals surface area contributed by atoms with E-state index in [9.17, 15) is 0 Å². The monoisotopic (exact) mass is 336 g/mol. The highest BCUT2D eigenvalue weighted by Crippen LogP contribution is 2.38. The van der Waals surface area contributed by atoms with Gasteiger partial charge in [-0.25, -0.2) is 0 Å². The molecular weight excluding hydrogens is 328 g/mol. The Morgan fingerprint density at radius 1 is 1.27 bits per heavy atom. The molecule has 0 unspecified atom stereocenters. The van der Waals surface area contributed by atoms with Gasteiger partial charge in [0, 0.05) is 4.47 Å². The third-order valence-corrected chi connectivity index (χ3v) is 3.16. The van der Waals surface area contributed by atoms with E-state index in [2.05, 4.69) is 31.9 Å². The summed E-state index contributed by atoms with van der Waals surface area (Å²) in [6.07, 6.45) is -0.325. The molecule has 1 aromatic rings. The number of ether oxygens (including phenoxy) is 3. The second-order valence-electron chi connectivity index (χ2n) is 3.08. The van der Waals surface area contributed by atoms with E-state index in [1.165, 1.54) is 0 Å².